The predicted octanol–water partition coefficient (Wildman–Crippen LogP) is 4.57. The van der Waals surface area contributed by atoms with Crippen molar-refractivity contribution in [2.75, 3.05) is 39.8 Å². The molecule has 1 amide bonds. The number of methoxy groups -OCH3 is 1. The Balaban J connectivity index is 1.76. The maximum absolute atomic E-state index is 13.8. The van der Waals surface area contributed by atoms with Gasteiger partial charge < -0.3 is 28.7 Å². The van der Waals surface area contributed by atoms with Crippen LogP contribution >= 0.6 is 22.9 Å². The third kappa shape index (κ3) is 8.02. The van der Waals surface area contributed by atoms with Crippen LogP contribution in [0.3, 0.4) is 0 Å². The monoisotopic (exact) mass is 741 g/mol. The Hall–Kier alpha value is -3.50. The summed E-state index contributed by atoms with van der Waals surface area (Å²) in [5.74, 6) is 0.000938. The van der Waals surface area contributed by atoms with Crippen LogP contribution in [-0.4, -0.2) is 71.1 Å². The highest BCUT2D eigenvalue weighted by Crippen LogP contribution is 2.32. The van der Waals surface area contributed by atoms with Crippen molar-refractivity contribution in [1.29, 1.82) is 0 Å². The number of alkyl halides is 3. The largest absolute Gasteiger partial charge is 0.496 e. The van der Waals surface area contributed by atoms with Crippen molar-refractivity contribution < 1.29 is 22.7 Å². The molecule has 0 aromatic carbocycles. The summed E-state index contributed by atoms with van der Waals surface area (Å²) in [4.78, 5) is 32.8. The van der Waals surface area contributed by atoms with Crippen LogP contribution in [0.15, 0.2) is 47.0 Å². The number of carbonyl (C=O) groups is 1. The van der Waals surface area contributed by atoms with E-state index in [0.29, 0.717) is 41.4 Å². The number of aryl methyl sites for hydroxylation is 1. The zero-order chi connectivity index (χ0) is 33.1. The van der Waals surface area contributed by atoms with E-state index in [0.717, 1.165) is 28.0 Å². The number of H-pyrrole nitrogens is 1. The molecule has 3 aromatic rings. The first-order chi connectivity index (χ1) is 21.2. The molecule has 45 heavy (non-hydrogen) atoms. The fraction of sp³-hybridized carbons (Fsp3) is 0.419. The van der Waals surface area contributed by atoms with E-state index >= 15 is 0 Å². The Bertz CT molecular complexity index is 1670. The van der Waals surface area contributed by atoms with Crippen molar-refractivity contribution >= 4 is 40.0 Å². The molecule has 0 spiro atoms. The number of aromatic amines is 1. The molecule has 244 valence electrons. The van der Waals surface area contributed by atoms with Gasteiger partial charge in [0.15, 0.2) is 0 Å². The van der Waals surface area contributed by atoms with Gasteiger partial charge in [0.05, 0.1) is 59.8 Å². The van der Waals surface area contributed by atoms with Crippen molar-refractivity contribution in [2.24, 2.45) is 5.73 Å². The van der Waals surface area contributed by atoms with Gasteiger partial charge in [0.1, 0.15) is 5.75 Å². The molecule has 0 radical (unpaired) electrons. The summed E-state index contributed by atoms with van der Waals surface area (Å²) in [7, 11) is 1.47. The molecule has 4 rings (SSSR count). The highest BCUT2D eigenvalue weighted by Gasteiger charge is 2.34. The number of amides is 1. The van der Waals surface area contributed by atoms with Crippen molar-refractivity contribution in [3.05, 3.63) is 86.2 Å². The number of fused-ring (bicyclic) bond motifs is 1. The average Bonchev–Trinajstić information content (AvgIpc) is 3.38. The predicted molar refractivity (Wildman–Crippen MR) is 177 cm³/mol. The summed E-state index contributed by atoms with van der Waals surface area (Å²) < 4.78 is 49.6. The van der Waals surface area contributed by atoms with Gasteiger partial charge in [-0.2, -0.15) is 13.2 Å². The van der Waals surface area contributed by atoms with Crippen LogP contribution in [0.2, 0.25) is 0 Å². The van der Waals surface area contributed by atoms with E-state index in [1.165, 1.54) is 12.0 Å². The number of aromatic nitrogens is 2. The Morgan fingerprint density at radius 2 is 1.87 bits per heavy atom. The van der Waals surface area contributed by atoms with Gasteiger partial charge in [-0.1, -0.05) is 0 Å². The summed E-state index contributed by atoms with van der Waals surface area (Å²) in [5, 5.41) is 2.89. The Morgan fingerprint density at radius 1 is 1.18 bits per heavy atom. The number of nitrogens with zero attached hydrogens (tertiary/aromatic N) is 3. The van der Waals surface area contributed by atoms with E-state index in [1.54, 1.807) is 26.0 Å². The minimum Gasteiger partial charge on any atom is -0.496 e. The fourth-order valence-electron chi connectivity index (χ4n) is 5.77. The molecular weight excluding hydrogens is 702 g/mol. The first kappa shape index (κ1) is 34.4. The van der Waals surface area contributed by atoms with Gasteiger partial charge in [-0.15, -0.1) is 0 Å². The van der Waals surface area contributed by atoms with E-state index in [1.807, 2.05) is 65.5 Å². The van der Waals surface area contributed by atoms with Crippen LogP contribution in [0, 0.1) is 13.8 Å². The Morgan fingerprint density at radius 3 is 2.47 bits per heavy atom. The number of rotatable bonds is 10. The summed E-state index contributed by atoms with van der Waals surface area (Å²) in [6, 6.07) is 5.24. The van der Waals surface area contributed by atoms with Crippen LogP contribution in [0.5, 0.6) is 5.75 Å². The summed E-state index contributed by atoms with van der Waals surface area (Å²) in [5.41, 5.74) is 11.4. The number of hydrogen-bond acceptors (Lipinski definition) is 7. The third-order valence-corrected chi connectivity index (χ3v) is 8.61. The van der Waals surface area contributed by atoms with Crippen LogP contribution in [0.1, 0.15) is 58.3 Å². The second kappa shape index (κ2) is 14.3. The Kier molecular flexibility index (Phi) is 10.9. The van der Waals surface area contributed by atoms with Crippen molar-refractivity contribution in [1.82, 2.24) is 28.0 Å². The van der Waals surface area contributed by atoms with E-state index in [2.05, 4.69) is 18.7 Å². The van der Waals surface area contributed by atoms with Crippen molar-refractivity contribution in [3.63, 3.8) is 0 Å². The molecule has 1 aliphatic rings. The normalized spacial score (nSPS) is 16.2. The number of ether oxygens (including phenoxy) is 1. The summed E-state index contributed by atoms with van der Waals surface area (Å²) >= 11 is 2.04. The molecule has 14 heteroatoms. The molecule has 1 aliphatic heterocycles. The fourth-order valence-corrected chi connectivity index (χ4v) is 6.24. The van der Waals surface area contributed by atoms with Crippen LogP contribution in [0.25, 0.3) is 11.2 Å². The van der Waals surface area contributed by atoms with Gasteiger partial charge in [-0.25, -0.2) is 0 Å². The number of hydrogen-bond donors (Lipinski definition) is 4. The summed E-state index contributed by atoms with van der Waals surface area (Å²) in [6.45, 7) is 7.88. The number of nitrogens with one attached hydrogen (secondary N) is 3. The number of piperazine rings is 1. The maximum Gasteiger partial charge on any atom is 0.401 e. The lowest BCUT2D eigenvalue weighted by molar-refractivity contribution is -0.149. The molecule has 0 bridgehead atoms. The van der Waals surface area contributed by atoms with Gasteiger partial charge >= 0.3 is 6.18 Å². The van der Waals surface area contributed by atoms with E-state index in [9.17, 15) is 22.8 Å². The minimum absolute atomic E-state index is 0.0524. The van der Waals surface area contributed by atoms with Gasteiger partial charge in [0.25, 0.3) is 11.5 Å². The van der Waals surface area contributed by atoms with Gasteiger partial charge in [0, 0.05) is 66.6 Å². The van der Waals surface area contributed by atoms with Crippen molar-refractivity contribution in [3.8, 4) is 5.75 Å². The molecule has 1 atom stereocenters. The molecular formula is C31H39F3IN7O3. The van der Waals surface area contributed by atoms with E-state index in [-0.39, 0.29) is 37.1 Å². The van der Waals surface area contributed by atoms with Gasteiger partial charge in [-0.3, -0.25) is 19.4 Å². The average molecular weight is 742 g/mol. The van der Waals surface area contributed by atoms with Gasteiger partial charge in [0.2, 0.25) is 0 Å². The molecule has 1 fully saturated rings. The SMILES string of the molecule is COc1cc(C)[nH]c(=O)c1CNC(=O)c1cc2c(/C(=C/C=C(/C)N)NI)ccn2c(C(C)N2CCN(CC(F)(F)F)CC2)c1C. The minimum atomic E-state index is -4.25. The second-order valence-electron chi connectivity index (χ2n) is 11.3. The van der Waals surface area contributed by atoms with E-state index < -0.39 is 12.7 Å². The Labute approximate surface area is 274 Å². The highest BCUT2D eigenvalue weighted by atomic mass is 127. The third-order valence-electron chi connectivity index (χ3n) is 8.03. The van der Waals surface area contributed by atoms with Crippen molar-refractivity contribution in [2.45, 2.75) is 46.5 Å². The van der Waals surface area contributed by atoms with Crippen LogP contribution in [0.4, 0.5) is 13.2 Å². The summed E-state index contributed by atoms with van der Waals surface area (Å²) in [6.07, 6.45) is 1.32. The molecule has 5 N–H and O–H groups in total. The number of nitrogens with two attached hydrogens (primary N) is 1. The standard InChI is InChI=1S/C31H39F3IN7O3/c1-18(36)6-7-25(39-35)22-8-9-42-26(22)15-23(29(43)37-16-24-27(45-5)14-19(2)38-30(24)44)20(3)28(42)21(4)41-12-10-40(11-13-41)17-31(32,33)34/h6-9,14-15,21,39H,10-13,16-17,36H2,1-5H3,(H,37,43)(H,38,44)/b18-6-,25-7-. The number of carbonyl (C=O) groups excluding carboxylic acids is 1. The molecule has 0 saturated carbocycles. The zero-order valence-electron chi connectivity index (χ0n) is 25.9. The molecule has 1 unspecified atom stereocenters. The molecule has 1 saturated heterocycles. The molecule has 3 aromatic heterocycles. The topological polar surface area (TPSA) is 120 Å². The highest BCUT2D eigenvalue weighted by molar-refractivity contribution is 14.1. The number of allylic oxidation sites excluding steroid dienone is 3. The quantitative estimate of drug-likeness (QED) is 0.137. The first-order valence-electron chi connectivity index (χ1n) is 14.5. The van der Waals surface area contributed by atoms with Gasteiger partial charge in [-0.05, 0) is 63.6 Å². The maximum atomic E-state index is 13.8. The van der Waals surface area contributed by atoms with Crippen LogP contribution < -0.4 is 24.9 Å². The first-order valence-corrected chi connectivity index (χ1v) is 15.6. The van der Waals surface area contributed by atoms with E-state index in [4.69, 9.17) is 10.5 Å². The lowest BCUT2D eigenvalue weighted by Crippen LogP contribution is -2.49. The molecule has 0 aliphatic carbocycles. The molecule has 4 heterocycles. The smallest absolute Gasteiger partial charge is 0.401 e. The van der Waals surface area contributed by atoms with Crippen LogP contribution in [-0.2, 0) is 6.54 Å². The number of pyridine rings is 2. The number of halogens is 4. The lowest BCUT2D eigenvalue weighted by atomic mass is 9.99. The molecule has 10 nitrogen and oxygen atoms in total. The second-order valence-corrected chi connectivity index (χ2v) is 11.8. The zero-order valence-corrected chi connectivity index (χ0v) is 28.1. The lowest BCUT2D eigenvalue weighted by Gasteiger charge is -2.39.